The Morgan fingerprint density at radius 1 is 1.44 bits per heavy atom. The van der Waals surface area contributed by atoms with Crippen LogP contribution in [0.1, 0.15) is 5.56 Å². The van der Waals surface area contributed by atoms with Gasteiger partial charge in [0.2, 0.25) is 5.91 Å². The molecule has 0 spiro atoms. The Hall–Kier alpha value is -1.10. The topological polar surface area (TPSA) is 72.3 Å². The first-order valence-electron chi connectivity index (χ1n) is 4.97. The summed E-state index contributed by atoms with van der Waals surface area (Å²) in [5.74, 6) is -0.483. The number of nitrogens with zero attached hydrogens (tertiary/aromatic N) is 1. The molecular formula is C11H16ClN3O. The van der Waals surface area contributed by atoms with E-state index >= 15 is 0 Å². The van der Waals surface area contributed by atoms with E-state index in [2.05, 4.69) is 0 Å². The summed E-state index contributed by atoms with van der Waals surface area (Å²) < 4.78 is 0. The van der Waals surface area contributed by atoms with E-state index in [0.29, 0.717) is 18.1 Å². The van der Waals surface area contributed by atoms with E-state index in [1.54, 1.807) is 0 Å². The Kier molecular flexibility index (Phi) is 4.73. The second-order valence-corrected chi connectivity index (χ2v) is 4.27. The smallest absolute Gasteiger partial charge is 0.235 e. The fourth-order valence-electron chi connectivity index (χ4n) is 1.39. The van der Waals surface area contributed by atoms with Crippen LogP contribution in [0.2, 0.25) is 5.02 Å². The van der Waals surface area contributed by atoms with Gasteiger partial charge in [0.05, 0.1) is 6.04 Å². The fourth-order valence-corrected chi connectivity index (χ4v) is 1.52. The van der Waals surface area contributed by atoms with Crippen LogP contribution >= 0.6 is 11.6 Å². The number of carbonyl (C=O) groups is 1. The van der Waals surface area contributed by atoms with Crippen LogP contribution in [-0.2, 0) is 11.3 Å². The third kappa shape index (κ3) is 4.18. The van der Waals surface area contributed by atoms with Crippen LogP contribution in [0.15, 0.2) is 24.3 Å². The van der Waals surface area contributed by atoms with E-state index < -0.39 is 11.9 Å². The molecule has 0 fully saturated rings. The minimum absolute atomic E-state index is 0.442. The summed E-state index contributed by atoms with van der Waals surface area (Å²) in [6.45, 7) is 1.15. The largest absolute Gasteiger partial charge is 0.368 e. The van der Waals surface area contributed by atoms with Crippen molar-refractivity contribution in [2.24, 2.45) is 11.5 Å². The number of hydrogen-bond acceptors (Lipinski definition) is 3. The maximum absolute atomic E-state index is 10.8. The fraction of sp³-hybridized carbons (Fsp3) is 0.364. The molecule has 0 heterocycles. The van der Waals surface area contributed by atoms with Crippen molar-refractivity contribution in [1.82, 2.24) is 4.90 Å². The Morgan fingerprint density at radius 2 is 2.00 bits per heavy atom. The van der Waals surface area contributed by atoms with Crippen LogP contribution in [0, 0.1) is 0 Å². The molecule has 0 aliphatic rings. The molecule has 4 nitrogen and oxygen atoms in total. The van der Waals surface area contributed by atoms with Crippen molar-refractivity contribution in [3.05, 3.63) is 34.9 Å². The molecule has 4 N–H and O–H groups in total. The van der Waals surface area contributed by atoms with Gasteiger partial charge in [-0.25, -0.2) is 0 Å². The third-order valence-corrected chi connectivity index (χ3v) is 2.49. The van der Waals surface area contributed by atoms with Crippen LogP contribution in [0.3, 0.4) is 0 Å². The van der Waals surface area contributed by atoms with Gasteiger partial charge in [-0.1, -0.05) is 23.7 Å². The monoisotopic (exact) mass is 241 g/mol. The average molecular weight is 242 g/mol. The van der Waals surface area contributed by atoms with Gasteiger partial charge in [-0.15, -0.1) is 0 Å². The number of amides is 1. The Balaban J connectivity index is 2.48. The van der Waals surface area contributed by atoms with Gasteiger partial charge >= 0.3 is 0 Å². The van der Waals surface area contributed by atoms with Crippen LogP contribution in [0.5, 0.6) is 0 Å². The molecule has 16 heavy (non-hydrogen) atoms. The minimum Gasteiger partial charge on any atom is -0.368 e. The van der Waals surface area contributed by atoms with Crippen molar-refractivity contribution < 1.29 is 4.79 Å². The predicted molar refractivity (Wildman–Crippen MR) is 65.0 cm³/mol. The SMILES string of the molecule is CN(Cc1ccc(Cl)cc1)CC(N)C(N)=O. The number of hydrogen-bond donors (Lipinski definition) is 2. The van der Waals surface area contributed by atoms with Crippen molar-refractivity contribution >= 4 is 17.5 Å². The second-order valence-electron chi connectivity index (χ2n) is 3.83. The molecule has 1 aromatic rings. The molecule has 0 saturated heterocycles. The molecular weight excluding hydrogens is 226 g/mol. The zero-order chi connectivity index (χ0) is 12.1. The maximum Gasteiger partial charge on any atom is 0.235 e. The highest BCUT2D eigenvalue weighted by atomic mass is 35.5. The lowest BCUT2D eigenvalue weighted by molar-refractivity contribution is -0.119. The van der Waals surface area contributed by atoms with Gasteiger partial charge in [0, 0.05) is 18.1 Å². The van der Waals surface area contributed by atoms with Gasteiger partial charge in [0.25, 0.3) is 0 Å². The van der Waals surface area contributed by atoms with Gasteiger partial charge < -0.3 is 16.4 Å². The first-order chi connectivity index (χ1) is 7.49. The summed E-state index contributed by atoms with van der Waals surface area (Å²) in [6, 6.07) is 6.91. The van der Waals surface area contributed by atoms with Gasteiger partial charge in [-0.2, -0.15) is 0 Å². The molecule has 0 aliphatic carbocycles. The molecule has 0 radical (unpaired) electrons. The van der Waals surface area contributed by atoms with E-state index in [4.69, 9.17) is 23.1 Å². The average Bonchev–Trinajstić information content (AvgIpc) is 2.21. The highest BCUT2D eigenvalue weighted by molar-refractivity contribution is 6.30. The van der Waals surface area contributed by atoms with Gasteiger partial charge in [-0.05, 0) is 24.7 Å². The Labute approximate surface area is 100 Å². The Morgan fingerprint density at radius 3 is 2.50 bits per heavy atom. The summed E-state index contributed by atoms with van der Waals surface area (Å²) in [7, 11) is 1.89. The predicted octanol–water partition coefficient (Wildman–Crippen LogP) is 0.584. The molecule has 88 valence electrons. The van der Waals surface area contributed by atoms with E-state index in [0.717, 1.165) is 5.56 Å². The number of primary amides is 1. The Bertz CT molecular complexity index is 353. The van der Waals surface area contributed by atoms with Gasteiger partial charge in [0.15, 0.2) is 0 Å². The number of halogens is 1. The number of nitrogens with two attached hydrogens (primary N) is 2. The summed E-state index contributed by atoms with van der Waals surface area (Å²) in [5.41, 5.74) is 11.8. The van der Waals surface area contributed by atoms with Crippen molar-refractivity contribution in [2.75, 3.05) is 13.6 Å². The summed E-state index contributed by atoms with van der Waals surface area (Å²) in [6.07, 6.45) is 0. The molecule has 1 rings (SSSR count). The normalized spacial score (nSPS) is 12.8. The number of rotatable bonds is 5. The van der Waals surface area contributed by atoms with Crippen molar-refractivity contribution in [3.63, 3.8) is 0 Å². The van der Waals surface area contributed by atoms with Crippen molar-refractivity contribution in [3.8, 4) is 0 Å². The summed E-state index contributed by atoms with van der Waals surface area (Å²) in [5, 5.41) is 0.709. The van der Waals surface area contributed by atoms with Crippen LogP contribution < -0.4 is 11.5 Å². The first-order valence-corrected chi connectivity index (χ1v) is 5.34. The molecule has 1 amide bonds. The zero-order valence-corrected chi connectivity index (χ0v) is 9.95. The number of carbonyl (C=O) groups excluding carboxylic acids is 1. The van der Waals surface area contributed by atoms with Crippen LogP contribution in [0.4, 0.5) is 0 Å². The lowest BCUT2D eigenvalue weighted by Crippen LogP contribution is -2.44. The van der Waals surface area contributed by atoms with E-state index in [9.17, 15) is 4.79 Å². The van der Waals surface area contributed by atoms with E-state index in [1.807, 2.05) is 36.2 Å². The maximum atomic E-state index is 10.8. The molecule has 1 atom stereocenters. The number of likely N-dealkylation sites (N-methyl/N-ethyl adjacent to an activating group) is 1. The van der Waals surface area contributed by atoms with Gasteiger partial charge in [-0.3, -0.25) is 4.79 Å². The third-order valence-electron chi connectivity index (χ3n) is 2.24. The lowest BCUT2D eigenvalue weighted by Gasteiger charge is -2.19. The highest BCUT2D eigenvalue weighted by Crippen LogP contribution is 2.10. The molecule has 5 heteroatoms. The van der Waals surface area contributed by atoms with E-state index in [1.165, 1.54) is 0 Å². The minimum atomic E-state index is -0.627. The summed E-state index contributed by atoms with van der Waals surface area (Å²) >= 11 is 5.78. The highest BCUT2D eigenvalue weighted by Gasteiger charge is 2.12. The molecule has 0 saturated carbocycles. The molecule has 1 aromatic carbocycles. The second kappa shape index (κ2) is 5.84. The van der Waals surface area contributed by atoms with Crippen molar-refractivity contribution in [1.29, 1.82) is 0 Å². The molecule has 0 aromatic heterocycles. The molecule has 1 unspecified atom stereocenters. The van der Waals surface area contributed by atoms with E-state index in [-0.39, 0.29) is 0 Å². The zero-order valence-electron chi connectivity index (χ0n) is 9.19. The van der Waals surface area contributed by atoms with Crippen molar-refractivity contribution in [2.45, 2.75) is 12.6 Å². The number of benzene rings is 1. The van der Waals surface area contributed by atoms with Crippen LogP contribution in [0.25, 0.3) is 0 Å². The lowest BCUT2D eigenvalue weighted by atomic mass is 10.2. The standard InChI is InChI=1S/C11H16ClN3O/c1-15(7-10(13)11(14)16)6-8-2-4-9(12)5-3-8/h2-5,10H,6-7,13H2,1H3,(H2,14,16). The first kappa shape index (κ1) is 13.0. The summed E-state index contributed by atoms with van der Waals surface area (Å²) in [4.78, 5) is 12.7. The molecule has 0 bridgehead atoms. The van der Waals surface area contributed by atoms with Gasteiger partial charge in [0.1, 0.15) is 0 Å². The van der Waals surface area contributed by atoms with Crippen LogP contribution in [-0.4, -0.2) is 30.4 Å². The quantitative estimate of drug-likeness (QED) is 0.792. The molecule has 0 aliphatic heterocycles.